The van der Waals surface area contributed by atoms with Crippen LogP contribution in [0.25, 0.3) is 0 Å². The number of halogens is 2. The monoisotopic (exact) mass is 261 g/mol. The van der Waals surface area contributed by atoms with Gasteiger partial charge in [-0.15, -0.1) is 0 Å². The molecule has 0 N–H and O–H groups in total. The van der Waals surface area contributed by atoms with Crippen molar-refractivity contribution in [2.24, 2.45) is 4.99 Å². The third-order valence-corrected chi connectivity index (χ3v) is 3.56. The number of nitrogens with zero attached hydrogens (tertiary/aromatic N) is 1. The minimum atomic E-state index is 0.559. The first-order chi connectivity index (χ1) is 8.24. The van der Waals surface area contributed by atoms with Crippen molar-refractivity contribution in [1.82, 2.24) is 0 Å². The first kappa shape index (κ1) is 10.8. The fourth-order valence-electron chi connectivity index (χ4n) is 1.99. The molecule has 84 valence electrons. The van der Waals surface area contributed by atoms with E-state index >= 15 is 0 Å². The zero-order valence-corrected chi connectivity index (χ0v) is 10.5. The summed E-state index contributed by atoms with van der Waals surface area (Å²) in [6.07, 6.45) is 0.816. The topological polar surface area (TPSA) is 12.4 Å². The van der Waals surface area contributed by atoms with Crippen molar-refractivity contribution in [2.75, 3.05) is 0 Å². The average molecular weight is 262 g/mol. The van der Waals surface area contributed by atoms with Crippen molar-refractivity contribution in [3.05, 3.63) is 63.6 Å². The molecular formula is C14H9Cl2N. The van der Waals surface area contributed by atoms with E-state index in [1.807, 2.05) is 30.3 Å². The van der Waals surface area contributed by atoms with E-state index in [0.717, 1.165) is 28.9 Å². The van der Waals surface area contributed by atoms with Gasteiger partial charge < -0.3 is 0 Å². The quantitative estimate of drug-likeness (QED) is 0.708. The van der Waals surface area contributed by atoms with Gasteiger partial charge in [0.05, 0.1) is 21.4 Å². The fraction of sp³-hybridized carbons (Fsp3) is 0.0714. The van der Waals surface area contributed by atoms with Crippen LogP contribution in [0, 0.1) is 0 Å². The van der Waals surface area contributed by atoms with Gasteiger partial charge >= 0.3 is 0 Å². The summed E-state index contributed by atoms with van der Waals surface area (Å²) in [7, 11) is 0. The SMILES string of the molecule is Clc1cc2c(cc1Cl)N=C(c1ccccc1)C2. The van der Waals surface area contributed by atoms with Crippen LogP contribution in [0.1, 0.15) is 11.1 Å². The fourth-order valence-corrected chi connectivity index (χ4v) is 2.33. The zero-order chi connectivity index (χ0) is 11.8. The van der Waals surface area contributed by atoms with Gasteiger partial charge in [0.25, 0.3) is 0 Å². The van der Waals surface area contributed by atoms with Gasteiger partial charge in [0.15, 0.2) is 0 Å². The molecule has 0 amide bonds. The van der Waals surface area contributed by atoms with Crippen LogP contribution in [-0.4, -0.2) is 5.71 Å². The second-order valence-electron chi connectivity index (χ2n) is 4.00. The molecule has 0 radical (unpaired) electrons. The Bertz CT molecular complexity index is 603. The van der Waals surface area contributed by atoms with Crippen LogP contribution < -0.4 is 0 Å². The third kappa shape index (κ3) is 1.97. The largest absolute Gasteiger partial charge is 0.252 e. The summed E-state index contributed by atoms with van der Waals surface area (Å²) >= 11 is 12.0. The molecule has 0 unspecified atom stereocenters. The van der Waals surface area contributed by atoms with Crippen molar-refractivity contribution in [2.45, 2.75) is 6.42 Å². The normalized spacial score (nSPS) is 13.4. The lowest BCUT2D eigenvalue weighted by Crippen LogP contribution is -1.99. The van der Waals surface area contributed by atoms with Crippen molar-refractivity contribution >= 4 is 34.6 Å². The molecule has 0 atom stereocenters. The Morgan fingerprint density at radius 2 is 1.65 bits per heavy atom. The van der Waals surface area contributed by atoms with Crippen LogP contribution >= 0.6 is 23.2 Å². The van der Waals surface area contributed by atoms with Crippen molar-refractivity contribution in [1.29, 1.82) is 0 Å². The van der Waals surface area contributed by atoms with Gasteiger partial charge in [-0.05, 0) is 23.3 Å². The van der Waals surface area contributed by atoms with Gasteiger partial charge in [0.1, 0.15) is 0 Å². The maximum absolute atomic E-state index is 6.00. The summed E-state index contributed by atoms with van der Waals surface area (Å²) in [6, 6.07) is 13.9. The predicted octanol–water partition coefficient (Wildman–Crippen LogP) is 4.67. The summed E-state index contributed by atoms with van der Waals surface area (Å²) in [6.45, 7) is 0. The summed E-state index contributed by atoms with van der Waals surface area (Å²) < 4.78 is 0. The minimum Gasteiger partial charge on any atom is -0.252 e. The van der Waals surface area contributed by atoms with E-state index in [0.29, 0.717) is 10.0 Å². The molecule has 0 fully saturated rings. The van der Waals surface area contributed by atoms with E-state index in [1.54, 1.807) is 0 Å². The highest BCUT2D eigenvalue weighted by Gasteiger charge is 2.17. The first-order valence-electron chi connectivity index (χ1n) is 5.35. The van der Waals surface area contributed by atoms with Crippen LogP contribution in [0.2, 0.25) is 10.0 Å². The van der Waals surface area contributed by atoms with Crippen LogP contribution in [0.5, 0.6) is 0 Å². The molecule has 3 rings (SSSR count). The lowest BCUT2D eigenvalue weighted by molar-refractivity contribution is 1.39. The Hall–Kier alpha value is -1.31. The van der Waals surface area contributed by atoms with Gasteiger partial charge in [0, 0.05) is 6.42 Å². The Labute approximate surface area is 110 Å². The molecule has 17 heavy (non-hydrogen) atoms. The molecular weight excluding hydrogens is 253 g/mol. The number of rotatable bonds is 1. The van der Waals surface area contributed by atoms with Gasteiger partial charge in [-0.25, -0.2) is 0 Å². The molecule has 1 nitrogen and oxygen atoms in total. The van der Waals surface area contributed by atoms with E-state index in [-0.39, 0.29) is 0 Å². The molecule has 0 saturated heterocycles. The van der Waals surface area contributed by atoms with Crippen LogP contribution in [0.15, 0.2) is 47.5 Å². The maximum Gasteiger partial charge on any atom is 0.0685 e. The summed E-state index contributed by atoms with van der Waals surface area (Å²) in [5.41, 5.74) is 4.28. The minimum absolute atomic E-state index is 0.559. The molecule has 3 heteroatoms. The summed E-state index contributed by atoms with van der Waals surface area (Å²) in [4.78, 5) is 4.60. The van der Waals surface area contributed by atoms with E-state index in [2.05, 4.69) is 17.1 Å². The molecule has 0 aromatic heterocycles. The van der Waals surface area contributed by atoms with E-state index in [9.17, 15) is 0 Å². The van der Waals surface area contributed by atoms with Crippen LogP contribution in [0.3, 0.4) is 0 Å². The Balaban J connectivity index is 2.03. The van der Waals surface area contributed by atoms with Crippen molar-refractivity contribution in [3.63, 3.8) is 0 Å². The van der Waals surface area contributed by atoms with Crippen LogP contribution in [-0.2, 0) is 6.42 Å². The van der Waals surface area contributed by atoms with Crippen molar-refractivity contribution < 1.29 is 0 Å². The Morgan fingerprint density at radius 3 is 2.41 bits per heavy atom. The molecule has 2 aromatic carbocycles. The number of hydrogen-bond donors (Lipinski definition) is 0. The van der Waals surface area contributed by atoms with E-state index in [1.165, 1.54) is 0 Å². The molecule has 0 saturated carbocycles. The molecule has 1 heterocycles. The Kier molecular flexibility index (Phi) is 2.65. The van der Waals surface area contributed by atoms with Gasteiger partial charge in [0.2, 0.25) is 0 Å². The smallest absolute Gasteiger partial charge is 0.0685 e. The van der Waals surface area contributed by atoms with Gasteiger partial charge in [-0.1, -0.05) is 53.5 Å². The highest BCUT2D eigenvalue weighted by atomic mass is 35.5. The highest BCUT2D eigenvalue weighted by molar-refractivity contribution is 6.42. The number of hydrogen-bond acceptors (Lipinski definition) is 1. The van der Waals surface area contributed by atoms with Gasteiger partial charge in [-0.2, -0.15) is 0 Å². The lowest BCUT2D eigenvalue weighted by atomic mass is 10.0. The second-order valence-corrected chi connectivity index (χ2v) is 4.81. The van der Waals surface area contributed by atoms with Crippen molar-refractivity contribution in [3.8, 4) is 0 Å². The number of benzene rings is 2. The predicted molar refractivity (Wildman–Crippen MR) is 72.8 cm³/mol. The summed E-state index contributed by atoms with van der Waals surface area (Å²) in [5, 5.41) is 1.15. The molecule has 0 bridgehead atoms. The highest BCUT2D eigenvalue weighted by Crippen LogP contribution is 2.35. The molecule has 2 aromatic rings. The molecule has 1 aliphatic heterocycles. The maximum atomic E-state index is 6.00. The molecule has 1 aliphatic rings. The lowest BCUT2D eigenvalue weighted by Gasteiger charge is -2.00. The average Bonchev–Trinajstić information content (AvgIpc) is 2.74. The third-order valence-electron chi connectivity index (χ3n) is 2.84. The molecule has 0 spiro atoms. The zero-order valence-electron chi connectivity index (χ0n) is 8.95. The standard InChI is InChI=1S/C14H9Cl2N/c15-11-6-10-7-13(9-4-2-1-3-5-9)17-14(10)8-12(11)16/h1-6,8H,7H2. The first-order valence-corrected chi connectivity index (χ1v) is 6.10. The van der Waals surface area contributed by atoms with E-state index in [4.69, 9.17) is 23.2 Å². The summed E-state index contributed by atoms with van der Waals surface area (Å²) in [5.74, 6) is 0. The number of fused-ring (bicyclic) bond motifs is 1. The van der Waals surface area contributed by atoms with Crippen LogP contribution in [0.4, 0.5) is 5.69 Å². The van der Waals surface area contributed by atoms with E-state index < -0.39 is 0 Å². The molecule has 0 aliphatic carbocycles. The Morgan fingerprint density at radius 1 is 0.941 bits per heavy atom. The number of aliphatic imine (C=N–C) groups is 1. The second kappa shape index (κ2) is 4.17. The van der Waals surface area contributed by atoms with Gasteiger partial charge in [-0.3, -0.25) is 4.99 Å².